The third kappa shape index (κ3) is 5.83. The van der Waals surface area contributed by atoms with Crippen LogP contribution in [0.4, 0.5) is 0 Å². The van der Waals surface area contributed by atoms with Gasteiger partial charge in [-0.2, -0.15) is 0 Å². The second-order valence-corrected chi connectivity index (χ2v) is 7.36. The van der Waals surface area contributed by atoms with Gasteiger partial charge < -0.3 is 4.74 Å². The predicted molar refractivity (Wildman–Crippen MR) is 119 cm³/mol. The van der Waals surface area contributed by atoms with Gasteiger partial charge in [-0.3, -0.25) is 19.7 Å². The van der Waals surface area contributed by atoms with Gasteiger partial charge >= 0.3 is 5.97 Å². The van der Waals surface area contributed by atoms with Crippen LogP contribution >= 0.6 is 0 Å². The summed E-state index contributed by atoms with van der Waals surface area (Å²) in [5.41, 5.74) is 4.57. The molecule has 0 aliphatic heterocycles. The summed E-state index contributed by atoms with van der Waals surface area (Å²) in [4.78, 5) is 22.6. The van der Waals surface area contributed by atoms with E-state index in [1.54, 1.807) is 17.1 Å². The van der Waals surface area contributed by atoms with Crippen molar-refractivity contribution in [1.82, 2.24) is 29.9 Å². The number of ether oxygens (including phenoxy) is 1. The van der Waals surface area contributed by atoms with Crippen molar-refractivity contribution in [2.45, 2.75) is 26.1 Å². The Morgan fingerprint density at radius 1 is 0.875 bits per heavy atom. The molecule has 8 heteroatoms. The normalized spacial score (nSPS) is 10.9. The molecule has 4 aromatic rings. The van der Waals surface area contributed by atoms with Crippen molar-refractivity contribution in [2.24, 2.45) is 0 Å². The van der Waals surface area contributed by atoms with E-state index in [0.29, 0.717) is 19.6 Å². The maximum Gasteiger partial charge on any atom is 0.309 e. The van der Waals surface area contributed by atoms with Gasteiger partial charge in [0.1, 0.15) is 0 Å². The Hall–Kier alpha value is -3.91. The Morgan fingerprint density at radius 2 is 1.50 bits per heavy atom. The maximum absolute atomic E-state index is 11.4. The minimum atomic E-state index is -0.262. The van der Waals surface area contributed by atoms with Crippen LogP contribution in [0.3, 0.4) is 0 Å². The lowest BCUT2D eigenvalue weighted by Crippen LogP contribution is -2.23. The van der Waals surface area contributed by atoms with Gasteiger partial charge in [0.15, 0.2) is 0 Å². The molecule has 4 rings (SSSR count). The average Bonchev–Trinajstić information content (AvgIpc) is 3.29. The lowest BCUT2D eigenvalue weighted by molar-refractivity contribution is -0.139. The number of carbonyl (C=O) groups excluding carboxylic acids is 1. The van der Waals surface area contributed by atoms with E-state index in [1.807, 2.05) is 66.9 Å². The van der Waals surface area contributed by atoms with E-state index in [2.05, 4.69) is 25.2 Å². The van der Waals surface area contributed by atoms with E-state index in [1.165, 1.54) is 7.11 Å². The number of pyridine rings is 2. The summed E-state index contributed by atoms with van der Waals surface area (Å²) in [5.74, 6) is -0.262. The molecule has 0 amide bonds. The second kappa shape index (κ2) is 10.4. The molecule has 162 valence electrons. The molecule has 3 heterocycles. The highest BCUT2D eigenvalue weighted by molar-refractivity contribution is 5.72. The Bertz CT molecular complexity index is 1090. The van der Waals surface area contributed by atoms with E-state index in [9.17, 15) is 4.79 Å². The van der Waals surface area contributed by atoms with E-state index < -0.39 is 0 Å². The molecule has 0 aliphatic carbocycles. The zero-order valence-electron chi connectivity index (χ0n) is 17.8. The van der Waals surface area contributed by atoms with Gasteiger partial charge in [-0.15, -0.1) is 5.10 Å². The number of methoxy groups -OCH3 is 1. The number of hydrogen-bond acceptors (Lipinski definition) is 7. The van der Waals surface area contributed by atoms with Gasteiger partial charge in [0.05, 0.1) is 42.5 Å². The third-order valence-corrected chi connectivity index (χ3v) is 4.93. The molecule has 1 aromatic carbocycles. The summed E-state index contributed by atoms with van der Waals surface area (Å²) in [7, 11) is 1.39. The van der Waals surface area contributed by atoms with Crippen molar-refractivity contribution in [2.75, 3.05) is 7.11 Å². The van der Waals surface area contributed by atoms with Crippen LogP contribution in [0.1, 0.15) is 22.6 Å². The molecule has 0 radical (unpaired) electrons. The molecule has 0 saturated carbocycles. The summed E-state index contributed by atoms with van der Waals surface area (Å²) in [6.45, 7) is 1.95. The summed E-state index contributed by atoms with van der Waals surface area (Å²) < 4.78 is 6.45. The molecule has 3 aromatic heterocycles. The third-order valence-electron chi connectivity index (χ3n) is 4.93. The van der Waals surface area contributed by atoms with Crippen molar-refractivity contribution in [3.63, 3.8) is 0 Å². The molecular formula is C24H24N6O2. The van der Waals surface area contributed by atoms with Crippen LogP contribution in [-0.2, 0) is 35.6 Å². The first-order valence-electron chi connectivity index (χ1n) is 10.3. The lowest BCUT2D eigenvalue weighted by Gasteiger charge is -2.20. The Morgan fingerprint density at radius 3 is 2.06 bits per heavy atom. The van der Waals surface area contributed by atoms with Crippen LogP contribution < -0.4 is 0 Å². The average molecular weight is 428 g/mol. The quantitative estimate of drug-likeness (QED) is 0.379. The maximum atomic E-state index is 11.4. The molecule has 0 N–H and O–H groups in total. The first-order valence-corrected chi connectivity index (χ1v) is 10.3. The number of esters is 1. The minimum Gasteiger partial charge on any atom is -0.469 e. The predicted octanol–water partition coefficient (Wildman–Crippen LogP) is 2.98. The number of aromatic nitrogens is 5. The van der Waals surface area contributed by atoms with Crippen LogP contribution in [0.25, 0.3) is 5.69 Å². The first-order chi connectivity index (χ1) is 15.7. The van der Waals surface area contributed by atoms with Gasteiger partial charge in [0.2, 0.25) is 0 Å². The molecule has 0 saturated heterocycles. The lowest BCUT2D eigenvalue weighted by atomic mass is 10.1. The fraction of sp³-hybridized carbons (Fsp3) is 0.208. The number of rotatable bonds is 9. The van der Waals surface area contributed by atoms with Gasteiger partial charge in [0.25, 0.3) is 0 Å². The van der Waals surface area contributed by atoms with Crippen LogP contribution in [0, 0.1) is 0 Å². The number of carbonyl (C=O) groups is 1. The van der Waals surface area contributed by atoms with Crippen LogP contribution in [-0.4, -0.2) is 42.9 Å². The SMILES string of the molecule is COC(=O)Cc1ccc(-n2cc(CN(Cc3ccccn3)Cc3ccccn3)nn2)cc1. The zero-order valence-corrected chi connectivity index (χ0v) is 17.8. The largest absolute Gasteiger partial charge is 0.469 e. The fourth-order valence-electron chi connectivity index (χ4n) is 3.34. The highest BCUT2D eigenvalue weighted by Crippen LogP contribution is 2.14. The van der Waals surface area contributed by atoms with Gasteiger partial charge in [-0.25, -0.2) is 4.68 Å². The van der Waals surface area contributed by atoms with Crippen LogP contribution in [0.2, 0.25) is 0 Å². The van der Waals surface area contributed by atoms with E-state index in [4.69, 9.17) is 4.74 Å². The van der Waals surface area contributed by atoms with Gasteiger partial charge in [-0.05, 0) is 42.0 Å². The Kier molecular flexibility index (Phi) is 6.94. The van der Waals surface area contributed by atoms with Gasteiger partial charge in [0, 0.05) is 32.0 Å². The van der Waals surface area contributed by atoms with Gasteiger partial charge in [-0.1, -0.05) is 29.5 Å². The number of benzene rings is 1. The number of hydrogen-bond donors (Lipinski definition) is 0. The highest BCUT2D eigenvalue weighted by atomic mass is 16.5. The first kappa shape index (κ1) is 21.3. The zero-order chi connectivity index (χ0) is 22.2. The van der Waals surface area contributed by atoms with Crippen LogP contribution in [0.15, 0.2) is 79.3 Å². The Labute approximate surface area is 186 Å². The monoisotopic (exact) mass is 428 g/mol. The minimum absolute atomic E-state index is 0.245. The topological polar surface area (TPSA) is 86.0 Å². The van der Waals surface area contributed by atoms with Crippen LogP contribution in [0.5, 0.6) is 0 Å². The molecule has 0 spiro atoms. The number of nitrogens with zero attached hydrogens (tertiary/aromatic N) is 6. The summed E-state index contributed by atoms with van der Waals surface area (Å²) in [6.07, 6.45) is 5.76. The van der Waals surface area contributed by atoms with Crippen molar-refractivity contribution in [3.05, 3.63) is 102 Å². The van der Waals surface area contributed by atoms with E-state index >= 15 is 0 Å². The van der Waals surface area contributed by atoms with E-state index in [0.717, 1.165) is 28.3 Å². The molecule has 0 atom stereocenters. The molecule has 0 unspecified atom stereocenters. The smallest absolute Gasteiger partial charge is 0.309 e. The van der Waals surface area contributed by atoms with Crippen molar-refractivity contribution >= 4 is 5.97 Å². The molecule has 0 bridgehead atoms. The van der Waals surface area contributed by atoms with Crippen molar-refractivity contribution < 1.29 is 9.53 Å². The molecule has 0 aliphatic rings. The van der Waals surface area contributed by atoms with Crippen molar-refractivity contribution in [1.29, 1.82) is 0 Å². The molecule has 0 fully saturated rings. The summed E-state index contributed by atoms with van der Waals surface area (Å²) in [5, 5.41) is 8.63. The second-order valence-electron chi connectivity index (χ2n) is 7.36. The molecule has 8 nitrogen and oxygen atoms in total. The van der Waals surface area contributed by atoms with Crippen molar-refractivity contribution in [3.8, 4) is 5.69 Å². The molecule has 32 heavy (non-hydrogen) atoms. The molecular weight excluding hydrogens is 404 g/mol. The summed E-state index contributed by atoms with van der Waals surface area (Å²) in [6, 6.07) is 19.4. The standard InChI is InChI=1S/C24H24N6O2/c1-32-24(31)14-19-8-10-23(11-9-19)30-18-22(27-28-30)17-29(15-20-6-2-4-12-25-20)16-21-7-3-5-13-26-21/h2-13,18H,14-17H2,1H3. The summed E-state index contributed by atoms with van der Waals surface area (Å²) >= 11 is 0. The Balaban J connectivity index is 1.47. The van der Waals surface area contributed by atoms with E-state index in [-0.39, 0.29) is 12.4 Å². The highest BCUT2D eigenvalue weighted by Gasteiger charge is 2.13. The fourth-order valence-corrected chi connectivity index (χ4v) is 3.34.